The van der Waals surface area contributed by atoms with Crippen LogP contribution in [-0.4, -0.2) is 41.8 Å². The molecule has 2 aromatic rings. The summed E-state index contributed by atoms with van der Waals surface area (Å²) in [6.45, 7) is 0. The minimum absolute atomic E-state index is 0.345. The first-order valence-electron chi connectivity index (χ1n) is 9.89. The Balaban J connectivity index is 2.13. The zero-order valence-electron chi connectivity index (χ0n) is 18.2. The number of halogens is 13. The molecule has 0 aliphatic carbocycles. The van der Waals surface area contributed by atoms with Gasteiger partial charge in [0.1, 0.15) is 5.75 Å². The summed E-state index contributed by atoms with van der Waals surface area (Å²) in [7, 11) is 0. The van der Waals surface area contributed by atoms with E-state index in [1.54, 1.807) is 12.1 Å². The lowest BCUT2D eigenvalue weighted by Crippen LogP contribution is -2.70. The average Bonchev–Trinajstić information content (AvgIpc) is 2.82. The number of carbonyl (C=O) groups excluding carboxylic acids is 1. The average molecular weight is 569 g/mol. The maximum absolute atomic E-state index is 13.8. The van der Waals surface area contributed by atoms with Gasteiger partial charge in [-0.3, -0.25) is 4.79 Å². The molecule has 0 heterocycles. The van der Waals surface area contributed by atoms with E-state index in [1.165, 1.54) is 24.3 Å². The Bertz CT molecular complexity index is 1180. The predicted molar refractivity (Wildman–Crippen MR) is 102 cm³/mol. The van der Waals surface area contributed by atoms with Crippen LogP contribution in [0.1, 0.15) is 18.4 Å². The number of carbonyl (C=O) groups is 1. The van der Waals surface area contributed by atoms with E-state index in [0.29, 0.717) is 16.7 Å². The Hall–Kier alpha value is -3.51. The summed E-state index contributed by atoms with van der Waals surface area (Å²) in [5, 5.41) is 8.77. The van der Waals surface area contributed by atoms with Gasteiger partial charge in [-0.1, -0.05) is 24.3 Å². The molecule has 0 radical (unpaired) electrons. The van der Waals surface area contributed by atoms with Crippen molar-refractivity contribution in [3.8, 4) is 22.9 Å². The van der Waals surface area contributed by atoms with Gasteiger partial charge in [0, 0.05) is 6.42 Å². The van der Waals surface area contributed by atoms with Crippen LogP contribution in [0.3, 0.4) is 0 Å². The molecule has 0 unspecified atom stereocenters. The van der Waals surface area contributed by atoms with Gasteiger partial charge >= 0.3 is 41.8 Å². The van der Waals surface area contributed by atoms with Gasteiger partial charge in [0.25, 0.3) is 0 Å². The van der Waals surface area contributed by atoms with E-state index in [0.717, 1.165) is 12.1 Å². The van der Waals surface area contributed by atoms with Crippen molar-refractivity contribution < 1.29 is 66.6 Å². The third kappa shape index (κ3) is 5.37. The molecule has 0 aromatic heterocycles. The van der Waals surface area contributed by atoms with Gasteiger partial charge in [-0.25, -0.2) is 0 Å². The quantitative estimate of drug-likeness (QED) is 0.177. The molecule has 2 aromatic carbocycles. The minimum atomic E-state index is -8.00. The van der Waals surface area contributed by atoms with E-state index in [-0.39, 0.29) is 5.75 Å². The van der Waals surface area contributed by atoms with Gasteiger partial charge in [0.2, 0.25) is 0 Å². The maximum Gasteiger partial charge on any atom is 0.460 e. The molecule has 2 rings (SSSR count). The highest BCUT2D eigenvalue weighted by Gasteiger charge is 2.90. The fourth-order valence-corrected chi connectivity index (χ4v) is 2.85. The largest absolute Gasteiger partial charge is 0.460 e. The van der Waals surface area contributed by atoms with E-state index < -0.39 is 54.6 Å². The van der Waals surface area contributed by atoms with Crippen molar-refractivity contribution in [2.24, 2.45) is 0 Å². The molecular formula is C22H12F13NO2. The van der Waals surface area contributed by atoms with Crippen LogP contribution in [0.15, 0.2) is 48.5 Å². The van der Waals surface area contributed by atoms with Crippen molar-refractivity contribution in [1.29, 1.82) is 5.26 Å². The molecule has 0 atom stereocenters. The van der Waals surface area contributed by atoms with Crippen molar-refractivity contribution in [1.82, 2.24) is 0 Å². The van der Waals surface area contributed by atoms with Crippen molar-refractivity contribution in [3.05, 3.63) is 54.1 Å². The molecule has 0 saturated heterocycles. The number of nitriles is 1. The summed E-state index contributed by atoms with van der Waals surface area (Å²) in [5.41, 5.74) is 1.43. The number of hydrogen-bond acceptors (Lipinski definition) is 3. The van der Waals surface area contributed by atoms with Crippen molar-refractivity contribution in [3.63, 3.8) is 0 Å². The van der Waals surface area contributed by atoms with Gasteiger partial charge in [0.05, 0.1) is 18.1 Å². The summed E-state index contributed by atoms with van der Waals surface area (Å²) < 4.78 is 175. The van der Waals surface area contributed by atoms with Crippen LogP contribution in [0.25, 0.3) is 11.1 Å². The summed E-state index contributed by atoms with van der Waals surface area (Å²) in [6, 6.07) is 12.8. The topological polar surface area (TPSA) is 50.1 Å². The van der Waals surface area contributed by atoms with Crippen LogP contribution < -0.4 is 4.74 Å². The van der Waals surface area contributed by atoms with E-state index >= 15 is 0 Å². The molecule has 3 nitrogen and oxygen atoms in total. The Labute approximate surface area is 204 Å². The van der Waals surface area contributed by atoms with Crippen LogP contribution in [0.4, 0.5) is 57.1 Å². The monoisotopic (exact) mass is 569 g/mol. The summed E-state index contributed by atoms with van der Waals surface area (Å²) in [4.78, 5) is 11.7. The first kappa shape index (κ1) is 30.7. The van der Waals surface area contributed by atoms with Gasteiger partial charge in [-0.05, 0) is 35.4 Å². The van der Waals surface area contributed by atoms with Crippen molar-refractivity contribution >= 4 is 5.97 Å². The fraction of sp³-hybridized carbons (Fsp3) is 0.364. The third-order valence-electron chi connectivity index (χ3n) is 5.07. The normalized spacial score (nSPS) is 13.7. The minimum Gasteiger partial charge on any atom is -0.427 e. The van der Waals surface area contributed by atoms with E-state index in [2.05, 4.69) is 4.74 Å². The lowest BCUT2D eigenvalue weighted by atomic mass is 9.92. The molecule has 0 amide bonds. The fourth-order valence-electron chi connectivity index (χ4n) is 2.85. The van der Waals surface area contributed by atoms with Gasteiger partial charge in [-0.15, -0.1) is 0 Å². The Morgan fingerprint density at radius 1 is 0.658 bits per heavy atom. The van der Waals surface area contributed by atoms with Gasteiger partial charge < -0.3 is 4.74 Å². The molecular weight excluding hydrogens is 557 g/mol. The van der Waals surface area contributed by atoms with Gasteiger partial charge in [-0.2, -0.15) is 62.3 Å². The molecule has 208 valence electrons. The third-order valence-corrected chi connectivity index (χ3v) is 5.07. The highest BCUT2D eigenvalue weighted by atomic mass is 19.4. The van der Waals surface area contributed by atoms with Crippen LogP contribution in [0.5, 0.6) is 5.75 Å². The molecule has 0 fully saturated rings. The number of ether oxygens (including phenoxy) is 1. The molecule has 0 N–H and O–H groups in total. The van der Waals surface area contributed by atoms with Crippen LogP contribution in [0.2, 0.25) is 0 Å². The molecule has 16 heteroatoms. The second kappa shape index (κ2) is 9.99. The zero-order valence-corrected chi connectivity index (χ0v) is 18.2. The lowest BCUT2D eigenvalue weighted by molar-refractivity contribution is -0.440. The summed E-state index contributed by atoms with van der Waals surface area (Å²) >= 11 is 0. The second-order valence-electron chi connectivity index (χ2n) is 7.69. The Morgan fingerprint density at radius 3 is 1.50 bits per heavy atom. The number of esters is 1. The molecule has 38 heavy (non-hydrogen) atoms. The van der Waals surface area contributed by atoms with Crippen LogP contribution in [-0.2, 0) is 4.79 Å². The second-order valence-corrected chi connectivity index (χ2v) is 7.69. The smallest absolute Gasteiger partial charge is 0.427 e. The highest BCUT2D eigenvalue weighted by molar-refractivity contribution is 5.73. The van der Waals surface area contributed by atoms with Gasteiger partial charge in [0.15, 0.2) is 0 Å². The van der Waals surface area contributed by atoms with E-state index in [1.807, 2.05) is 6.07 Å². The number of hydrogen-bond donors (Lipinski definition) is 0. The molecule has 0 saturated carbocycles. The molecule has 0 aliphatic heterocycles. The van der Waals surface area contributed by atoms with Crippen LogP contribution in [0, 0.1) is 11.3 Å². The summed E-state index contributed by atoms with van der Waals surface area (Å²) in [5.74, 6) is -39.7. The van der Waals surface area contributed by atoms with Crippen LogP contribution >= 0.6 is 0 Å². The standard InChI is InChI=1S/C22H12F13NO2/c23-17(24,18(25,26)19(27,28)20(29,30)21(31,32)22(33,34)35)10-9-16(37)38-15-7-5-14(6-8-15)13-3-1-12(11-36)2-4-13/h1-8H,9-10H2. The predicted octanol–water partition coefficient (Wildman–Crippen LogP) is 7.65. The summed E-state index contributed by atoms with van der Waals surface area (Å²) in [6.07, 6.45) is -12.0. The van der Waals surface area contributed by atoms with Crippen molar-refractivity contribution in [2.45, 2.75) is 48.6 Å². The number of nitrogens with zero attached hydrogens (tertiary/aromatic N) is 1. The maximum atomic E-state index is 13.8. The Morgan fingerprint density at radius 2 is 1.08 bits per heavy atom. The first-order chi connectivity index (χ1) is 17.1. The zero-order chi connectivity index (χ0) is 29.4. The molecule has 0 spiro atoms. The first-order valence-corrected chi connectivity index (χ1v) is 9.89. The number of alkyl halides is 13. The van der Waals surface area contributed by atoms with E-state index in [4.69, 9.17) is 5.26 Å². The highest BCUT2D eigenvalue weighted by Crippen LogP contribution is 2.60. The number of benzene rings is 2. The molecule has 0 aliphatic rings. The van der Waals surface area contributed by atoms with Crippen molar-refractivity contribution in [2.75, 3.05) is 0 Å². The lowest BCUT2D eigenvalue weighted by Gasteiger charge is -2.39. The number of rotatable bonds is 9. The van der Waals surface area contributed by atoms with E-state index in [9.17, 15) is 61.9 Å². The SMILES string of the molecule is N#Cc1ccc(-c2ccc(OC(=O)CCC(F)(F)C(F)(F)C(F)(F)C(F)(F)C(F)(F)C(F)(F)F)cc2)cc1. The molecule has 0 bridgehead atoms. The Kier molecular flexibility index (Phi) is 8.07.